The summed E-state index contributed by atoms with van der Waals surface area (Å²) in [5.74, 6) is -1.93. The van der Waals surface area contributed by atoms with Crippen molar-refractivity contribution in [1.82, 2.24) is 0 Å². The SMILES string of the molecule is C=C(CC(=O)[O-])C(=O)OCCCCCCCCCCCCCCCCCCCCCC. The standard InChI is InChI=1S/C27H50O4/c1-3-4-5-6-7-8-9-10-11-12-13-14-15-16-17-18-19-20-21-22-23-31-27(30)25(2)24-26(28)29/h2-24H2,1H3,(H,28,29)/p-1. The van der Waals surface area contributed by atoms with Crippen molar-refractivity contribution >= 4 is 11.9 Å². The van der Waals surface area contributed by atoms with E-state index in [2.05, 4.69) is 13.5 Å². The highest BCUT2D eigenvalue weighted by Crippen LogP contribution is 2.15. The van der Waals surface area contributed by atoms with Gasteiger partial charge in [-0.3, -0.25) is 0 Å². The lowest BCUT2D eigenvalue weighted by atomic mass is 10.0. The van der Waals surface area contributed by atoms with Crippen LogP contribution in [0.1, 0.15) is 142 Å². The highest BCUT2D eigenvalue weighted by atomic mass is 16.5. The van der Waals surface area contributed by atoms with E-state index in [0.717, 1.165) is 19.3 Å². The molecule has 4 heteroatoms. The zero-order chi connectivity index (χ0) is 23.0. The maximum atomic E-state index is 11.5. The molecule has 0 bridgehead atoms. The lowest BCUT2D eigenvalue weighted by Crippen LogP contribution is -2.24. The number of esters is 1. The lowest BCUT2D eigenvalue weighted by molar-refractivity contribution is -0.304. The van der Waals surface area contributed by atoms with Crippen LogP contribution in [0.5, 0.6) is 0 Å². The van der Waals surface area contributed by atoms with Gasteiger partial charge >= 0.3 is 5.97 Å². The third-order valence-electron chi connectivity index (χ3n) is 5.88. The van der Waals surface area contributed by atoms with Crippen molar-refractivity contribution < 1.29 is 19.4 Å². The number of carbonyl (C=O) groups is 2. The molecule has 0 aromatic heterocycles. The maximum Gasteiger partial charge on any atom is 0.333 e. The second-order valence-corrected chi connectivity index (χ2v) is 9.01. The zero-order valence-corrected chi connectivity index (χ0v) is 20.4. The summed E-state index contributed by atoms with van der Waals surface area (Å²) in [6.45, 7) is 6.02. The molecular formula is C27H49O4-. The normalized spacial score (nSPS) is 10.9. The minimum atomic E-state index is -1.30. The van der Waals surface area contributed by atoms with Crippen LogP contribution in [0.3, 0.4) is 0 Å². The summed E-state index contributed by atoms with van der Waals surface area (Å²) in [6, 6.07) is 0. The number of carbonyl (C=O) groups excluding carboxylic acids is 2. The van der Waals surface area contributed by atoms with E-state index in [1.807, 2.05) is 0 Å². The van der Waals surface area contributed by atoms with Gasteiger partial charge < -0.3 is 14.6 Å². The molecular weight excluding hydrogens is 388 g/mol. The van der Waals surface area contributed by atoms with Gasteiger partial charge in [0.1, 0.15) is 0 Å². The van der Waals surface area contributed by atoms with Crippen LogP contribution in [0.2, 0.25) is 0 Å². The van der Waals surface area contributed by atoms with Gasteiger partial charge in [0.2, 0.25) is 0 Å². The van der Waals surface area contributed by atoms with E-state index >= 15 is 0 Å². The topological polar surface area (TPSA) is 66.4 Å². The van der Waals surface area contributed by atoms with Crippen molar-refractivity contribution in [1.29, 1.82) is 0 Å². The van der Waals surface area contributed by atoms with Crippen LogP contribution >= 0.6 is 0 Å². The van der Waals surface area contributed by atoms with Gasteiger partial charge in [0.15, 0.2) is 0 Å². The number of unbranched alkanes of at least 4 members (excludes halogenated alkanes) is 19. The van der Waals surface area contributed by atoms with E-state index in [0.29, 0.717) is 6.61 Å². The molecule has 0 aliphatic heterocycles. The van der Waals surface area contributed by atoms with Gasteiger partial charge in [0.05, 0.1) is 6.61 Å². The quantitative estimate of drug-likeness (QED) is 0.0922. The van der Waals surface area contributed by atoms with Crippen molar-refractivity contribution in [3.05, 3.63) is 12.2 Å². The summed E-state index contributed by atoms with van der Waals surface area (Å²) in [4.78, 5) is 21.9. The Kier molecular flexibility index (Phi) is 22.4. The maximum absolute atomic E-state index is 11.5. The molecule has 0 aliphatic carbocycles. The molecule has 4 nitrogen and oxygen atoms in total. The molecule has 0 N–H and O–H groups in total. The second kappa shape index (κ2) is 23.3. The third-order valence-corrected chi connectivity index (χ3v) is 5.88. The summed E-state index contributed by atoms with van der Waals surface area (Å²) in [6.07, 6.45) is 26.2. The van der Waals surface area contributed by atoms with E-state index in [-0.39, 0.29) is 5.57 Å². The first-order valence-corrected chi connectivity index (χ1v) is 13.1. The highest BCUT2D eigenvalue weighted by molar-refractivity contribution is 5.92. The summed E-state index contributed by atoms with van der Waals surface area (Å²) in [5, 5.41) is 10.4. The van der Waals surface area contributed by atoms with Crippen LogP contribution in [-0.2, 0) is 14.3 Å². The van der Waals surface area contributed by atoms with Crippen LogP contribution in [0.15, 0.2) is 12.2 Å². The molecule has 182 valence electrons. The molecule has 0 fully saturated rings. The molecule has 0 aliphatic rings. The van der Waals surface area contributed by atoms with Crippen LogP contribution in [-0.4, -0.2) is 18.5 Å². The summed E-state index contributed by atoms with van der Waals surface area (Å²) in [5.41, 5.74) is -0.0480. The molecule has 31 heavy (non-hydrogen) atoms. The van der Waals surface area contributed by atoms with E-state index in [1.165, 1.54) is 109 Å². The Morgan fingerprint density at radius 1 is 0.613 bits per heavy atom. The fourth-order valence-corrected chi connectivity index (χ4v) is 3.87. The van der Waals surface area contributed by atoms with Gasteiger partial charge in [-0.2, -0.15) is 0 Å². The number of carboxylic acids is 1. The minimum Gasteiger partial charge on any atom is -0.550 e. The Labute approximate surface area is 192 Å². The largest absolute Gasteiger partial charge is 0.550 e. The molecule has 0 unspecified atom stereocenters. The average Bonchev–Trinajstić information content (AvgIpc) is 2.74. The number of rotatable bonds is 24. The van der Waals surface area contributed by atoms with Crippen molar-refractivity contribution in [3.8, 4) is 0 Å². The van der Waals surface area contributed by atoms with Gasteiger partial charge in [-0.15, -0.1) is 0 Å². The van der Waals surface area contributed by atoms with Crippen LogP contribution in [0.25, 0.3) is 0 Å². The van der Waals surface area contributed by atoms with Gasteiger partial charge in [0.25, 0.3) is 0 Å². The van der Waals surface area contributed by atoms with Crippen LogP contribution in [0.4, 0.5) is 0 Å². The van der Waals surface area contributed by atoms with Gasteiger partial charge in [-0.05, 0) is 6.42 Å². The number of carboxylic acid groups (broad SMARTS) is 1. The molecule has 0 radical (unpaired) electrons. The Morgan fingerprint density at radius 2 is 0.935 bits per heavy atom. The third kappa shape index (κ3) is 23.2. The van der Waals surface area contributed by atoms with E-state index in [1.54, 1.807) is 0 Å². The van der Waals surface area contributed by atoms with Crippen molar-refractivity contribution in [3.63, 3.8) is 0 Å². The summed E-state index contributed by atoms with van der Waals surface area (Å²) in [7, 11) is 0. The first-order chi connectivity index (χ1) is 15.1. The predicted octanol–water partition coefficient (Wildman–Crippen LogP) is 7.05. The van der Waals surface area contributed by atoms with Gasteiger partial charge in [-0.1, -0.05) is 135 Å². The molecule has 0 saturated carbocycles. The number of hydrogen-bond acceptors (Lipinski definition) is 4. The van der Waals surface area contributed by atoms with Crippen molar-refractivity contribution in [2.45, 2.75) is 142 Å². The Bertz CT molecular complexity index is 445. The van der Waals surface area contributed by atoms with Crippen molar-refractivity contribution in [2.24, 2.45) is 0 Å². The summed E-state index contributed by atoms with van der Waals surface area (Å²) < 4.78 is 5.01. The molecule has 0 aromatic carbocycles. The Balaban J connectivity index is 3.16. The summed E-state index contributed by atoms with van der Waals surface area (Å²) >= 11 is 0. The monoisotopic (exact) mass is 437 g/mol. The van der Waals surface area contributed by atoms with E-state index in [4.69, 9.17) is 4.74 Å². The van der Waals surface area contributed by atoms with E-state index in [9.17, 15) is 14.7 Å². The van der Waals surface area contributed by atoms with Gasteiger partial charge in [0, 0.05) is 18.0 Å². The van der Waals surface area contributed by atoms with Crippen molar-refractivity contribution in [2.75, 3.05) is 6.61 Å². The second-order valence-electron chi connectivity index (χ2n) is 9.01. The molecule has 0 amide bonds. The lowest BCUT2D eigenvalue weighted by Gasteiger charge is -2.07. The fraction of sp³-hybridized carbons (Fsp3) is 0.852. The fourth-order valence-electron chi connectivity index (χ4n) is 3.87. The molecule has 0 aromatic rings. The molecule has 0 heterocycles. The zero-order valence-electron chi connectivity index (χ0n) is 20.4. The first kappa shape index (κ1) is 29.7. The molecule has 0 spiro atoms. The Hall–Kier alpha value is -1.32. The average molecular weight is 438 g/mol. The molecule has 0 rings (SSSR count). The van der Waals surface area contributed by atoms with E-state index < -0.39 is 18.4 Å². The van der Waals surface area contributed by atoms with Gasteiger partial charge in [-0.25, -0.2) is 4.79 Å². The number of hydrogen-bond donors (Lipinski definition) is 0. The minimum absolute atomic E-state index is 0.0480. The van der Waals surface area contributed by atoms with Crippen LogP contribution < -0.4 is 5.11 Å². The van der Waals surface area contributed by atoms with Crippen LogP contribution in [0, 0.1) is 0 Å². The number of ether oxygens (including phenoxy) is 1. The Morgan fingerprint density at radius 3 is 1.26 bits per heavy atom. The smallest absolute Gasteiger partial charge is 0.333 e. The molecule has 0 atom stereocenters. The number of aliphatic carboxylic acids is 1. The molecule has 0 saturated heterocycles. The predicted molar refractivity (Wildman–Crippen MR) is 128 cm³/mol. The highest BCUT2D eigenvalue weighted by Gasteiger charge is 2.08. The first-order valence-electron chi connectivity index (χ1n) is 13.1.